The molecule has 0 radical (unpaired) electrons. The zero-order valence-electron chi connectivity index (χ0n) is 12.9. The average molecular weight is 250 g/mol. The summed E-state index contributed by atoms with van der Waals surface area (Å²) >= 11 is -0.0777. The Morgan fingerprint density at radius 2 is 1.88 bits per heavy atom. The van der Waals surface area contributed by atoms with Crippen molar-refractivity contribution in [1.29, 1.82) is 0 Å². The van der Waals surface area contributed by atoms with E-state index >= 15 is 0 Å². The standard InChI is InChI=1S/C10H15.C5H5.Ti.2H/c1-7-6-10(4,5)9(3)8(7)2;1-2-4-5-3-1;;;/h1-5H3;1-3H,4H2;;;/q;;+2;2*-1. The molecule has 0 aromatic rings. The van der Waals surface area contributed by atoms with Crippen molar-refractivity contribution >= 4 is 0 Å². The maximum atomic E-state index is 2.39. The summed E-state index contributed by atoms with van der Waals surface area (Å²) in [6.07, 6.45) is 8.03. The fraction of sp³-hybridized carbons (Fsp3) is 0.467. The second-order valence-corrected chi connectivity index (χ2v) is 7.50. The average Bonchev–Trinajstić information content (AvgIpc) is 2.78. The third-order valence-corrected chi connectivity index (χ3v) is 7.15. The first-order valence-electron chi connectivity index (χ1n) is 5.97. The van der Waals surface area contributed by atoms with Gasteiger partial charge in [-0.2, -0.15) is 0 Å². The van der Waals surface area contributed by atoms with Gasteiger partial charge in [0.2, 0.25) is 0 Å². The SMILES string of the molecule is CC1=C(C)C(C)(C)[C]([Ti+2][C]2=CC=CC2)=C1C.[H-].[H-]. The number of rotatable bonds is 2. The van der Waals surface area contributed by atoms with Gasteiger partial charge in [-0.1, -0.05) is 0 Å². The van der Waals surface area contributed by atoms with Crippen molar-refractivity contribution < 1.29 is 22.0 Å². The number of hydrogen-bond acceptors (Lipinski definition) is 0. The van der Waals surface area contributed by atoms with Gasteiger partial charge in [-0.25, -0.2) is 0 Å². The molecule has 0 saturated carbocycles. The van der Waals surface area contributed by atoms with Gasteiger partial charge in [-0.3, -0.25) is 0 Å². The Labute approximate surface area is 111 Å². The van der Waals surface area contributed by atoms with Crippen LogP contribution in [0.1, 0.15) is 43.9 Å². The molecular weight excluding hydrogens is 228 g/mol. The summed E-state index contributed by atoms with van der Waals surface area (Å²) in [7, 11) is 0. The topological polar surface area (TPSA) is 0 Å². The molecule has 2 aliphatic carbocycles. The normalized spacial score (nSPS) is 22.9. The van der Waals surface area contributed by atoms with Crippen molar-refractivity contribution in [2.45, 2.75) is 41.0 Å². The molecule has 16 heavy (non-hydrogen) atoms. The summed E-state index contributed by atoms with van der Waals surface area (Å²) in [4.78, 5) is 0. The Bertz CT molecular complexity index is 451. The Kier molecular flexibility index (Phi) is 3.16. The van der Waals surface area contributed by atoms with Crippen LogP contribution in [0.3, 0.4) is 0 Å². The van der Waals surface area contributed by atoms with Crippen LogP contribution in [-0.2, 0) is 19.2 Å². The largest absolute Gasteiger partial charge is 1.00 e. The fourth-order valence-electron chi connectivity index (χ4n) is 2.54. The third kappa shape index (κ3) is 1.83. The van der Waals surface area contributed by atoms with Crippen LogP contribution in [0.15, 0.2) is 42.7 Å². The molecule has 0 amide bonds. The summed E-state index contributed by atoms with van der Waals surface area (Å²) in [6, 6.07) is 0. The number of hydrogen-bond donors (Lipinski definition) is 0. The van der Waals surface area contributed by atoms with Crippen molar-refractivity contribution in [2.75, 3.05) is 0 Å². The molecule has 0 fully saturated rings. The van der Waals surface area contributed by atoms with E-state index < -0.39 is 0 Å². The monoisotopic (exact) mass is 250 g/mol. The summed E-state index contributed by atoms with van der Waals surface area (Å²) < 4.78 is 3.43. The predicted molar refractivity (Wildman–Crippen MR) is 68.9 cm³/mol. The molecule has 0 unspecified atom stereocenters. The minimum Gasteiger partial charge on any atom is -1.00 e. The Balaban J connectivity index is 0.00000144. The van der Waals surface area contributed by atoms with Crippen LogP contribution in [0.4, 0.5) is 0 Å². The van der Waals surface area contributed by atoms with Crippen LogP contribution in [-0.4, -0.2) is 0 Å². The van der Waals surface area contributed by atoms with Gasteiger partial charge in [0.25, 0.3) is 0 Å². The first kappa shape index (κ1) is 12.1. The first-order chi connectivity index (χ1) is 7.44. The molecule has 2 rings (SSSR count). The van der Waals surface area contributed by atoms with E-state index in [4.69, 9.17) is 0 Å². The third-order valence-electron chi connectivity index (χ3n) is 4.12. The minimum absolute atomic E-state index is 0. The van der Waals surface area contributed by atoms with Crippen molar-refractivity contribution in [2.24, 2.45) is 5.41 Å². The Morgan fingerprint density at radius 3 is 2.31 bits per heavy atom. The molecule has 0 aliphatic heterocycles. The quantitative estimate of drug-likeness (QED) is 0.618. The molecule has 0 N–H and O–H groups in total. The van der Waals surface area contributed by atoms with Crippen molar-refractivity contribution in [3.8, 4) is 0 Å². The summed E-state index contributed by atoms with van der Waals surface area (Å²) in [5.41, 5.74) is 5.01. The van der Waals surface area contributed by atoms with Gasteiger partial charge >= 0.3 is 108 Å². The van der Waals surface area contributed by atoms with Gasteiger partial charge in [0.15, 0.2) is 0 Å². The molecule has 0 spiro atoms. The molecule has 0 aromatic heterocycles. The van der Waals surface area contributed by atoms with E-state index in [-0.39, 0.29) is 22.0 Å². The zero-order chi connectivity index (χ0) is 11.9. The van der Waals surface area contributed by atoms with Gasteiger partial charge < -0.3 is 2.85 Å². The van der Waals surface area contributed by atoms with E-state index in [0.29, 0.717) is 5.41 Å². The van der Waals surface area contributed by atoms with Crippen LogP contribution < -0.4 is 0 Å². The molecule has 0 heterocycles. The van der Waals surface area contributed by atoms with Crippen LogP contribution in [0.2, 0.25) is 0 Å². The van der Waals surface area contributed by atoms with Crippen LogP contribution in [0.25, 0.3) is 0 Å². The summed E-state index contributed by atoms with van der Waals surface area (Å²) in [5.74, 6) is 0. The molecule has 0 nitrogen and oxygen atoms in total. The molecule has 0 atom stereocenters. The van der Waals surface area contributed by atoms with E-state index in [9.17, 15) is 0 Å². The Hall–Kier alpha value is -0.326. The van der Waals surface area contributed by atoms with E-state index in [2.05, 4.69) is 52.8 Å². The van der Waals surface area contributed by atoms with E-state index in [0.717, 1.165) is 0 Å². The molecule has 1 heteroatoms. The first-order valence-corrected chi connectivity index (χ1v) is 7.53. The van der Waals surface area contributed by atoms with Gasteiger partial charge in [0, 0.05) is 0 Å². The molecule has 0 bridgehead atoms. The van der Waals surface area contributed by atoms with E-state index in [1.165, 1.54) is 12.0 Å². The van der Waals surface area contributed by atoms with E-state index in [1.54, 1.807) is 18.9 Å². The van der Waals surface area contributed by atoms with Gasteiger partial charge in [0.05, 0.1) is 0 Å². The van der Waals surface area contributed by atoms with Crippen molar-refractivity contribution in [1.82, 2.24) is 0 Å². The second kappa shape index (κ2) is 4.16. The number of allylic oxidation sites excluding steroid dienone is 8. The van der Waals surface area contributed by atoms with Gasteiger partial charge in [0.1, 0.15) is 0 Å². The summed E-state index contributed by atoms with van der Waals surface area (Å²) in [6.45, 7) is 11.7. The summed E-state index contributed by atoms with van der Waals surface area (Å²) in [5, 5.41) is 0. The maximum Gasteiger partial charge on any atom is -1.00 e. The van der Waals surface area contributed by atoms with Gasteiger partial charge in [-0.15, -0.1) is 0 Å². The smallest absolute Gasteiger partial charge is 1.00 e. The minimum atomic E-state index is -0.0777. The van der Waals surface area contributed by atoms with Crippen LogP contribution >= 0.6 is 0 Å². The predicted octanol–water partition coefficient (Wildman–Crippen LogP) is 4.79. The van der Waals surface area contributed by atoms with Crippen LogP contribution in [0.5, 0.6) is 0 Å². The van der Waals surface area contributed by atoms with Gasteiger partial charge in [-0.05, 0) is 0 Å². The molecule has 0 aromatic carbocycles. The second-order valence-electron chi connectivity index (χ2n) is 5.32. The van der Waals surface area contributed by atoms with Crippen molar-refractivity contribution in [3.63, 3.8) is 0 Å². The molecule has 2 aliphatic rings. The Morgan fingerprint density at radius 1 is 1.19 bits per heavy atom. The van der Waals surface area contributed by atoms with Crippen LogP contribution in [0, 0.1) is 5.41 Å². The molecular formula is C15H22Ti. The van der Waals surface area contributed by atoms with E-state index in [1.807, 2.05) is 0 Å². The maximum absolute atomic E-state index is 2.39. The fourth-order valence-corrected chi connectivity index (χ4v) is 5.04. The zero-order valence-corrected chi connectivity index (χ0v) is 12.5. The van der Waals surface area contributed by atoms with Crippen molar-refractivity contribution in [3.05, 3.63) is 42.7 Å². The molecule has 0 saturated heterocycles. The molecule has 86 valence electrons.